The van der Waals surface area contributed by atoms with Gasteiger partial charge < -0.3 is 10.2 Å². The summed E-state index contributed by atoms with van der Waals surface area (Å²) in [5.74, 6) is -0.456. The first-order valence-corrected chi connectivity index (χ1v) is 7.97. The lowest BCUT2D eigenvalue weighted by atomic mass is 10.1. The van der Waals surface area contributed by atoms with Gasteiger partial charge in [-0.15, -0.1) is 0 Å². The van der Waals surface area contributed by atoms with E-state index in [1.165, 1.54) is 23.4 Å². The molecule has 0 spiro atoms. The zero-order valence-electron chi connectivity index (χ0n) is 14.3. The van der Waals surface area contributed by atoms with Gasteiger partial charge >= 0.3 is 6.18 Å². The van der Waals surface area contributed by atoms with E-state index in [4.69, 9.17) is 0 Å². The van der Waals surface area contributed by atoms with Crippen LogP contribution >= 0.6 is 0 Å². The fourth-order valence-corrected chi connectivity index (χ4v) is 2.52. The van der Waals surface area contributed by atoms with Crippen molar-refractivity contribution < 1.29 is 18.0 Å². The number of anilines is 2. The topological polar surface area (TPSA) is 63.1 Å². The van der Waals surface area contributed by atoms with Crippen LogP contribution in [0.15, 0.2) is 61.2 Å². The van der Waals surface area contributed by atoms with Gasteiger partial charge in [0.25, 0.3) is 0 Å². The molecule has 1 aromatic heterocycles. The van der Waals surface area contributed by atoms with Crippen molar-refractivity contribution in [2.75, 3.05) is 23.8 Å². The largest absolute Gasteiger partial charge is 0.416 e. The van der Waals surface area contributed by atoms with Gasteiger partial charge in [0.15, 0.2) is 0 Å². The maximum atomic E-state index is 13.1. The van der Waals surface area contributed by atoms with Crippen LogP contribution in [0.4, 0.5) is 24.5 Å². The van der Waals surface area contributed by atoms with Crippen LogP contribution in [0, 0.1) is 0 Å². The smallest absolute Gasteiger partial charge is 0.365 e. The number of hydrogen-bond donors (Lipinski definition) is 1. The Morgan fingerprint density at radius 2 is 1.93 bits per heavy atom. The van der Waals surface area contributed by atoms with Crippen LogP contribution in [0.5, 0.6) is 0 Å². The van der Waals surface area contributed by atoms with Gasteiger partial charge in [0.2, 0.25) is 5.91 Å². The van der Waals surface area contributed by atoms with E-state index >= 15 is 0 Å². The summed E-state index contributed by atoms with van der Waals surface area (Å²) in [5.41, 5.74) is 0.240. The van der Waals surface area contributed by atoms with E-state index in [-0.39, 0.29) is 17.9 Å². The molecular formula is C18H16F3N5O. The molecule has 1 amide bonds. The molecule has 0 atom stereocenters. The summed E-state index contributed by atoms with van der Waals surface area (Å²) in [6.45, 7) is -0.0307. The number of rotatable bonds is 5. The van der Waals surface area contributed by atoms with Crippen LogP contribution in [0.2, 0.25) is 0 Å². The highest BCUT2D eigenvalue weighted by molar-refractivity contribution is 5.95. The number of hydrogen-bond acceptors (Lipinski definition) is 4. The molecule has 0 aliphatic rings. The number of halogens is 3. The molecule has 2 aromatic carbocycles. The summed E-state index contributed by atoms with van der Waals surface area (Å²) in [7, 11) is 1.72. The number of likely N-dealkylation sites (N-methyl/N-ethyl adjacent to an activating group) is 1. The average molecular weight is 375 g/mol. The Bertz CT molecular complexity index is 911. The molecule has 3 aromatic rings. The maximum Gasteiger partial charge on any atom is 0.416 e. The fourth-order valence-electron chi connectivity index (χ4n) is 2.52. The molecule has 0 bridgehead atoms. The Labute approximate surface area is 153 Å². The van der Waals surface area contributed by atoms with Crippen molar-refractivity contribution in [3.63, 3.8) is 0 Å². The van der Waals surface area contributed by atoms with Crippen molar-refractivity contribution >= 4 is 17.3 Å². The molecular weight excluding hydrogens is 359 g/mol. The number of carbonyl (C=O) groups is 1. The van der Waals surface area contributed by atoms with E-state index in [2.05, 4.69) is 15.4 Å². The molecule has 140 valence electrons. The molecule has 1 heterocycles. The number of alkyl halides is 3. The number of nitrogens with one attached hydrogen (secondary N) is 1. The van der Waals surface area contributed by atoms with Crippen LogP contribution in [-0.2, 0) is 11.0 Å². The van der Waals surface area contributed by atoms with Gasteiger partial charge in [-0.05, 0) is 30.3 Å². The van der Waals surface area contributed by atoms with E-state index in [9.17, 15) is 18.0 Å². The van der Waals surface area contributed by atoms with Crippen molar-refractivity contribution in [1.82, 2.24) is 14.8 Å². The number of carbonyl (C=O) groups excluding carboxylic acids is 1. The Hall–Kier alpha value is -3.36. The monoisotopic (exact) mass is 375 g/mol. The zero-order chi connectivity index (χ0) is 19.4. The van der Waals surface area contributed by atoms with Crippen LogP contribution < -0.4 is 10.2 Å². The number of nitrogens with zero attached hydrogens (tertiary/aromatic N) is 4. The van der Waals surface area contributed by atoms with E-state index in [0.29, 0.717) is 0 Å². The third-order valence-corrected chi connectivity index (χ3v) is 3.84. The van der Waals surface area contributed by atoms with Gasteiger partial charge in [0.1, 0.15) is 12.7 Å². The normalized spacial score (nSPS) is 11.3. The second-order valence-electron chi connectivity index (χ2n) is 5.81. The molecule has 0 saturated heterocycles. The summed E-state index contributed by atoms with van der Waals surface area (Å²) in [6, 6.07) is 12.2. The van der Waals surface area contributed by atoms with Gasteiger partial charge in [-0.2, -0.15) is 18.3 Å². The number of para-hydroxylation sites is 1. The summed E-state index contributed by atoms with van der Waals surface area (Å²) in [4.78, 5) is 17.9. The number of amides is 1. The molecule has 0 aliphatic carbocycles. The highest BCUT2D eigenvalue weighted by Crippen LogP contribution is 2.33. The van der Waals surface area contributed by atoms with E-state index in [0.717, 1.165) is 17.8 Å². The molecule has 0 fully saturated rings. The third kappa shape index (κ3) is 4.43. The summed E-state index contributed by atoms with van der Waals surface area (Å²) in [6.07, 6.45) is -1.93. The first-order chi connectivity index (χ1) is 12.8. The highest BCUT2D eigenvalue weighted by atomic mass is 19.4. The van der Waals surface area contributed by atoms with Crippen molar-refractivity contribution in [3.8, 4) is 5.69 Å². The Balaban J connectivity index is 1.84. The lowest BCUT2D eigenvalue weighted by Crippen LogP contribution is -2.30. The van der Waals surface area contributed by atoms with Crippen LogP contribution in [0.25, 0.3) is 5.69 Å². The van der Waals surface area contributed by atoms with E-state index < -0.39 is 17.6 Å². The summed E-state index contributed by atoms with van der Waals surface area (Å²) < 4.78 is 40.5. The van der Waals surface area contributed by atoms with E-state index in [1.807, 2.05) is 30.3 Å². The van der Waals surface area contributed by atoms with Crippen molar-refractivity contribution in [2.24, 2.45) is 0 Å². The van der Waals surface area contributed by atoms with Crippen molar-refractivity contribution in [2.45, 2.75) is 6.18 Å². The Morgan fingerprint density at radius 3 is 2.56 bits per heavy atom. The lowest BCUT2D eigenvalue weighted by molar-refractivity contribution is -0.137. The van der Waals surface area contributed by atoms with Gasteiger partial charge in [-0.1, -0.05) is 18.2 Å². The first-order valence-electron chi connectivity index (χ1n) is 7.97. The Morgan fingerprint density at radius 1 is 1.19 bits per heavy atom. The zero-order valence-corrected chi connectivity index (χ0v) is 14.3. The molecule has 0 radical (unpaired) electrons. The quantitative estimate of drug-likeness (QED) is 0.743. The Kier molecular flexibility index (Phi) is 5.11. The predicted octanol–water partition coefficient (Wildman–Crippen LogP) is 3.36. The standard InChI is InChI=1S/C18H16F3N5O/c1-25(14-5-3-2-4-6-14)10-17(27)24-15-9-13(18(19,20)21)7-8-16(15)26-12-22-11-23-26/h2-9,11-12H,10H2,1H3,(H,24,27). The second-order valence-corrected chi connectivity index (χ2v) is 5.81. The minimum Gasteiger partial charge on any atom is -0.365 e. The van der Waals surface area contributed by atoms with Crippen molar-refractivity contribution in [1.29, 1.82) is 0 Å². The number of aromatic nitrogens is 3. The van der Waals surface area contributed by atoms with Gasteiger partial charge in [0, 0.05) is 12.7 Å². The van der Waals surface area contributed by atoms with Gasteiger partial charge in [0.05, 0.1) is 23.5 Å². The molecule has 9 heteroatoms. The minimum absolute atomic E-state index is 0.00165. The van der Waals surface area contributed by atoms with Crippen LogP contribution in [-0.4, -0.2) is 34.3 Å². The summed E-state index contributed by atoms with van der Waals surface area (Å²) >= 11 is 0. The van der Waals surface area contributed by atoms with Crippen LogP contribution in [0.1, 0.15) is 5.56 Å². The molecule has 0 unspecified atom stereocenters. The number of benzene rings is 2. The molecule has 1 N–H and O–H groups in total. The molecule has 3 rings (SSSR count). The maximum absolute atomic E-state index is 13.1. The van der Waals surface area contributed by atoms with Crippen LogP contribution in [0.3, 0.4) is 0 Å². The third-order valence-electron chi connectivity index (χ3n) is 3.84. The molecule has 0 aliphatic heterocycles. The molecule has 6 nitrogen and oxygen atoms in total. The highest BCUT2D eigenvalue weighted by Gasteiger charge is 2.31. The first kappa shape index (κ1) is 18.4. The van der Waals surface area contributed by atoms with Gasteiger partial charge in [-0.3, -0.25) is 4.79 Å². The minimum atomic E-state index is -4.53. The van der Waals surface area contributed by atoms with Gasteiger partial charge in [-0.25, -0.2) is 9.67 Å². The molecule has 27 heavy (non-hydrogen) atoms. The SMILES string of the molecule is CN(CC(=O)Nc1cc(C(F)(F)F)ccc1-n1cncn1)c1ccccc1. The fraction of sp³-hybridized carbons (Fsp3) is 0.167. The lowest BCUT2D eigenvalue weighted by Gasteiger charge is -2.20. The van der Waals surface area contributed by atoms with E-state index in [1.54, 1.807) is 11.9 Å². The second kappa shape index (κ2) is 7.48. The summed E-state index contributed by atoms with van der Waals surface area (Å²) in [5, 5.41) is 6.46. The average Bonchev–Trinajstić information content (AvgIpc) is 3.16. The molecule has 0 saturated carbocycles. The predicted molar refractivity (Wildman–Crippen MR) is 94.7 cm³/mol. The van der Waals surface area contributed by atoms with Crippen molar-refractivity contribution in [3.05, 3.63) is 66.7 Å².